The van der Waals surface area contributed by atoms with E-state index in [9.17, 15) is 14.4 Å². The fourth-order valence-corrected chi connectivity index (χ4v) is 1.92. The molecule has 5 heteroatoms. The van der Waals surface area contributed by atoms with Crippen molar-refractivity contribution >= 4 is 17.7 Å². The van der Waals surface area contributed by atoms with Gasteiger partial charge in [0.1, 0.15) is 0 Å². The predicted molar refractivity (Wildman–Crippen MR) is 78.9 cm³/mol. The molecule has 22 heavy (non-hydrogen) atoms. The van der Waals surface area contributed by atoms with Gasteiger partial charge >= 0.3 is 11.9 Å². The van der Waals surface area contributed by atoms with E-state index in [1.165, 1.54) is 26.0 Å². The average Bonchev–Trinajstić information content (AvgIpc) is 2.48. The first-order valence-corrected chi connectivity index (χ1v) is 6.58. The van der Waals surface area contributed by atoms with E-state index in [2.05, 4.69) is 0 Å². The van der Waals surface area contributed by atoms with Crippen LogP contribution in [0.2, 0.25) is 0 Å². The smallest absolute Gasteiger partial charge is 0.308 e. The van der Waals surface area contributed by atoms with Gasteiger partial charge < -0.3 is 9.47 Å². The van der Waals surface area contributed by atoms with Crippen LogP contribution in [0.25, 0.3) is 0 Å². The van der Waals surface area contributed by atoms with Gasteiger partial charge in [-0.25, -0.2) is 0 Å². The van der Waals surface area contributed by atoms with Gasteiger partial charge in [0.25, 0.3) is 0 Å². The number of benzene rings is 2. The lowest BCUT2D eigenvalue weighted by atomic mass is 10.0. The minimum absolute atomic E-state index is 0.0319. The van der Waals surface area contributed by atoms with Gasteiger partial charge in [0, 0.05) is 19.4 Å². The molecule has 0 amide bonds. The number of hydrogen-bond donors (Lipinski definition) is 0. The molecule has 0 atom stereocenters. The molecule has 112 valence electrons. The van der Waals surface area contributed by atoms with E-state index in [-0.39, 0.29) is 22.8 Å². The maximum absolute atomic E-state index is 12.6. The van der Waals surface area contributed by atoms with Crippen LogP contribution in [-0.2, 0) is 9.59 Å². The summed E-state index contributed by atoms with van der Waals surface area (Å²) in [5.74, 6) is -1.53. The van der Waals surface area contributed by atoms with Crippen LogP contribution in [0.4, 0.5) is 0 Å². The Bertz CT molecular complexity index is 719. The van der Waals surface area contributed by atoms with Crippen LogP contribution in [0.1, 0.15) is 29.8 Å². The Morgan fingerprint density at radius 3 is 2.00 bits per heavy atom. The van der Waals surface area contributed by atoms with Gasteiger partial charge in [-0.05, 0) is 12.1 Å². The van der Waals surface area contributed by atoms with Crippen molar-refractivity contribution in [1.82, 2.24) is 0 Å². The van der Waals surface area contributed by atoms with Gasteiger partial charge in [-0.3, -0.25) is 14.4 Å². The summed E-state index contributed by atoms with van der Waals surface area (Å²) in [6.45, 7) is 2.44. The van der Waals surface area contributed by atoms with Crippen molar-refractivity contribution in [3.05, 3.63) is 59.7 Å². The molecule has 0 bridgehead atoms. The highest BCUT2D eigenvalue weighted by molar-refractivity contribution is 6.11. The highest BCUT2D eigenvalue weighted by Gasteiger charge is 2.21. The van der Waals surface area contributed by atoms with E-state index in [1.807, 2.05) is 0 Å². The zero-order valence-corrected chi connectivity index (χ0v) is 12.2. The topological polar surface area (TPSA) is 69.7 Å². The molecule has 0 aliphatic carbocycles. The van der Waals surface area contributed by atoms with Crippen molar-refractivity contribution in [2.75, 3.05) is 0 Å². The van der Waals surface area contributed by atoms with Crippen LogP contribution < -0.4 is 9.47 Å². The summed E-state index contributed by atoms with van der Waals surface area (Å²) in [7, 11) is 0. The van der Waals surface area contributed by atoms with Crippen LogP contribution in [0.5, 0.6) is 11.5 Å². The van der Waals surface area contributed by atoms with Crippen LogP contribution >= 0.6 is 0 Å². The molecule has 2 aromatic rings. The zero-order valence-electron chi connectivity index (χ0n) is 12.2. The molecule has 0 unspecified atom stereocenters. The standard InChI is InChI=1S/C17H14O5/c1-11(18)21-15-10-6-9-14(17(15)22-12(2)19)16(20)13-7-4-3-5-8-13/h3-10H,1-2H3. The van der Waals surface area contributed by atoms with E-state index in [4.69, 9.17) is 9.47 Å². The molecular weight excluding hydrogens is 284 g/mol. The summed E-state index contributed by atoms with van der Waals surface area (Å²) >= 11 is 0. The third-order valence-electron chi connectivity index (χ3n) is 2.76. The summed E-state index contributed by atoms with van der Waals surface area (Å²) in [5.41, 5.74) is 0.594. The molecule has 0 saturated carbocycles. The molecule has 5 nitrogen and oxygen atoms in total. The lowest BCUT2D eigenvalue weighted by Crippen LogP contribution is -2.12. The first-order chi connectivity index (χ1) is 10.5. The molecule has 0 fully saturated rings. The molecule has 0 spiro atoms. The van der Waals surface area contributed by atoms with Crippen molar-refractivity contribution in [3.8, 4) is 11.5 Å². The minimum atomic E-state index is -0.610. The van der Waals surface area contributed by atoms with Crippen LogP contribution in [0, 0.1) is 0 Å². The quantitative estimate of drug-likeness (QED) is 0.493. The molecule has 0 radical (unpaired) electrons. The number of ketones is 1. The summed E-state index contributed by atoms with van der Waals surface area (Å²) in [6, 6.07) is 13.1. The number of esters is 2. The zero-order chi connectivity index (χ0) is 16.1. The first kappa shape index (κ1) is 15.4. The third-order valence-corrected chi connectivity index (χ3v) is 2.76. The summed E-state index contributed by atoms with van der Waals surface area (Å²) < 4.78 is 10.1. The van der Waals surface area contributed by atoms with Gasteiger partial charge in [0.05, 0.1) is 5.56 Å². The largest absolute Gasteiger partial charge is 0.423 e. The monoisotopic (exact) mass is 298 g/mol. The van der Waals surface area contributed by atoms with Crippen molar-refractivity contribution in [1.29, 1.82) is 0 Å². The number of ether oxygens (including phenoxy) is 2. The SMILES string of the molecule is CC(=O)Oc1cccc(C(=O)c2ccccc2)c1OC(C)=O. The number of carbonyl (C=O) groups excluding carboxylic acids is 3. The second-order valence-electron chi connectivity index (χ2n) is 4.52. The minimum Gasteiger partial charge on any atom is -0.423 e. The number of para-hydroxylation sites is 1. The Morgan fingerprint density at radius 1 is 0.773 bits per heavy atom. The Balaban J connectivity index is 2.52. The molecule has 2 rings (SSSR count). The summed E-state index contributed by atoms with van der Waals surface area (Å²) in [6.07, 6.45) is 0. The normalized spacial score (nSPS) is 9.91. The first-order valence-electron chi connectivity index (χ1n) is 6.58. The Kier molecular flexibility index (Phi) is 4.68. The van der Waals surface area contributed by atoms with Gasteiger partial charge in [0.15, 0.2) is 17.3 Å². The molecule has 0 saturated heterocycles. The van der Waals surface area contributed by atoms with Gasteiger partial charge in [-0.15, -0.1) is 0 Å². The van der Waals surface area contributed by atoms with Gasteiger partial charge in [-0.1, -0.05) is 36.4 Å². The molecule has 0 aromatic heterocycles. The number of rotatable bonds is 4. The van der Waals surface area contributed by atoms with E-state index in [0.29, 0.717) is 5.56 Å². The molecule has 2 aromatic carbocycles. The van der Waals surface area contributed by atoms with Crippen molar-refractivity contribution in [3.63, 3.8) is 0 Å². The average molecular weight is 298 g/mol. The van der Waals surface area contributed by atoms with Crippen LogP contribution in [0.15, 0.2) is 48.5 Å². The van der Waals surface area contributed by atoms with Crippen molar-refractivity contribution in [2.24, 2.45) is 0 Å². The van der Waals surface area contributed by atoms with Crippen molar-refractivity contribution < 1.29 is 23.9 Å². The lowest BCUT2D eigenvalue weighted by Gasteiger charge is -2.12. The Morgan fingerprint density at radius 2 is 1.41 bits per heavy atom. The van der Waals surface area contributed by atoms with E-state index in [0.717, 1.165) is 0 Å². The maximum Gasteiger partial charge on any atom is 0.308 e. The van der Waals surface area contributed by atoms with Crippen LogP contribution in [0.3, 0.4) is 0 Å². The van der Waals surface area contributed by atoms with E-state index >= 15 is 0 Å². The number of hydrogen-bond acceptors (Lipinski definition) is 5. The fourth-order valence-electron chi connectivity index (χ4n) is 1.92. The van der Waals surface area contributed by atoms with Gasteiger partial charge in [-0.2, -0.15) is 0 Å². The van der Waals surface area contributed by atoms with Crippen molar-refractivity contribution in [2.45, 2.75) is 13.8 Å². The highest BCUT2D eigenvalue weighted by Crippen LogP contribution is 2.33. The maximum atomic E-state index is 12.6. The predicted octanol–water partition coefficient (Wildman–Crippen LogP) is 2.77. The van der Waals surface area contributed by atoms with E-state index in [1.54, 1.807) is 36.4 Å². The second-order valence-corrected chi connectivity index (χ2v) is 4.52. The number of carbonyl (C=O) groups is 3. The fraction of sp³-hybridized carbons (Fsp3) is 0.118. The molecule has 0 heterocycles. The summed E-state index contributed by atoms with van der Waals surface area (Å²) in [5, 5.41) is 0. The molecule has 0 aliphatic heterocycles. The van der Waals surface area contributed by atoms with Crippen LogP contribution in [-0.4, -0.2) is 17.7 Å². The third kappa shape index (κ3) is 3.58. The highest BCUT2D eigenvalue weighted by atomic mass is 16.6. The van der Waals surface area contributed by atoms with Gasteiger partial charge in [0.2, 0.25) is 0 Å². The van der Waals surface area contributed by atoms with E-state index < -0.39 is 11.9 Å². The Labute approximate surface area is 127 Å². The Hall–Kier alpha value is -2.95. The second kappa shape index (κ2) is 6.67. The molecule has 0 aliphatic rings. The lowest BCUT2D eigenvalue weighted by molar-refractivity contribution is -0.134. The summed E-state index contributed by atoms with van der Waals surface area (Å²) in [4.78, 5) is 35.0. The molecule has 0 N–H and O–H groups in total. The molecular formula is C17H14O5.